The molecule has 0 unspecified atom stereocenters. The van der Waals surface area contributed by atoms with Gasteiger partial charge < -0.3 is 10.3 Å². The predicted octanol–water partition coefficient (Wildman–Crippen LogP) is 0.318. The lowest BCUT2D eigenvalue weighted by atomic mass is 10.5. The van der Waals surface area contributed by atoms with E-state index in [9.17, 15) is 18.4 Å². The molecule has 0 saturated heterocycles. The van der Waals surface area contributed by atoms with Gasteiger partial charge in [0.2, 0.25) is 0 Å². The molecule has 2 N–H and O–H groups in total. The molecule has 0 aliphatic carbocycles. The van der Waals surface area contributed by atoms with E-state index < -0.39 is 12.3 Å². The molecule has 1 rings (SSSR count). The van der Waals surface area contributed by atoms with Gasteiger partial charge in [0.05, 0.1) is 6.54 Å². The van der Waals surface area contributed by atoms with Crippen molar-refractivity contribution in [3.8, 4) is 0 Å². The highest BCUT2D eigenvalue weighted by Gasteiger charge is 2.14. The van der Waals surface area contributed by atoms with E-state index in [-0.39, 0.29) is 11.4 Å². The Hall–Kier alpha value is -1.24. The quantitative estimate of drug-likeness (QED) is 0.751. The van der Waals surface area contributed by atoms with Gasteiger partial charge in [0.15, 0.2) is 0 Å². The number of aromatic amines is 1. The Morgan fingerprint density at radius 2 is 2.38 bits per heavy atom. The van der Waals surface area contributed by atoms with E-state index in [1.165, 1.54) is 5.38 Å². The molecular weight excluding hydrogens is 202 g/mol. The molecule has 0 radical (unpaired) electrons. The number of aromatic nitrogens is 1. The summed E-state index contributed by atoms with van der Waals surface area (Å²) in [6, 6.07) is 0. The molecule has 1 heterocycles. The van der Waals surface area contributed by atoms with Crippen molar-refractivity contribution in [2.75, 3.05) is 0 Å². The van der Waals surface area contributed by atoms with Crippen LogP contribution in [0.15, 0.2) is 10.2 Å². The lowest BCUT2D eigenvalue weighted by Crippen LogP contribution is -2.29. The first-order valence-electron chi connectivity index (χ1n) is 3.32. The molecule has 0 fully saturated rings. The van der Waals surface area contributed by atoms with Crippen molar-refractivity contribution in [3.63, 3.8) is 0 Å². The maximum atomic E-state index is 11.7. The van der Waals surface area contributed by atoms with Crippen molar-refractivity contribution in [2.24, 2.45) is 0 Å². The van der Waals surface area contributed by atoms with E-state index in [1.807, 2.05) is 5.32 Å². The van der Waals surface area contributed by atoms with Crippen LogP contribution < -0.4 is 10.2 Å². The molecule has 1 aromatic rings. The molecular formula is C6H6F2N2O2S. The SMILES string of the molecule is O=C(NCc1csc(=O)[nH]1)C(F)F. The molecule has 1 amide bonds. The second kappa shape index (κ2) is 4.13. The number of nitrogens with one attached hydrogen (secondary N) is 2. The van der Waals surface area contributed by atoms with Gasteiger partial charge >= 0.3 is 11.3 Å². The summed E-state index contributed by atoms with van der Waals surface area (Å²) in [7, 11) is 0. The minimum absolute atomic E-state index is 0.0814. The maximum Gasteiger partial charge on any atom is 0.315 e. The molecule has 0 spiro atoms. The van der Waals surface area contributed by atoms with Crippen LogP contribution in [0.3, 0.4) is 0 Å². The van der Waals surface area contributed by atoms with Gasteiger partial charge in [0.25, 0.3) is 5.91 Å². The van der Waals surface area contributed by atoms with Crippen LogP contribution in [0.4, 0.5) is 8.78 Å². The van der Waals surface area contributed by atoms with E-state index >= 15 is 0 Å². The smallest absolute Gasteiger partial charge is 0.315 e. The normalized spacial score (nSPS) is 10.4. The molecule has 0 aromatic carbocycles. The largest absolute Gasteiger partial charge is 0.346 e. The summed E-state index contributed by atoms with van der Waals surface area (Å²) in [5, 5.41) is 3.43. The van der Waals surface area contributed by atoms with Crippen molar-refractivity contribution in [1.29, 1.82) is 0 Å². The highest BCUT2D eigenvalue weighted by atomic mass is 32.1. The molecule has 0 bridgehead atoms. The minimum Gasteiger partial charge on any atom is -0.346 e. The van der Waals surface area contributed by atoms with Gasteiger partial charge in [0, 0.05) is 11.1 Å². The Morgan fingerprint density at radius 3 is 2.85 bits per heavy atom. The van der Waals surface area contributed by atoms with Crippen molar-refractivity contribution >= 4 is 17.2 Å². The first-order valence-corrected chi connectivity index (χ1v) is 4.20. The third kappa shape index (κ3) is 2.94. The summed E-state index contributed by atoms with van der Waals surface area (Å²) in [6.07, 6.45) is -3.02. The Labute approximate surface area is 75.6 Å². The minimum atomic E-state index is -3.02. The topological polar surface area (TPSA) is 62.0 Å². The number of halogens is 2. The number of thiazole rings is 1. The molecule has 0 atom stereocenters. The third-order valence-electron chi connectivity index (χ3n) is 1.22. The summed E-state index contributed by atoms with van der Waals surface area (Å²) in [5.74, 6) is -1.34. The van der Waals surface area contributed by atoms with E-state index in [0.717, 1.165) is 11.3 Å². The molecule has 4 nitrogen and oxygen atoms in total. The molecule has 0 aliphatic heterocycles. The molecule has 0 aliphatic rings. The summed E-state index contributed by atoms with van der Waals surface area (Å²) in [5.41, 5.74) is 0.420. The summed E-state index contributed by atoms with van der Waals surface area (Å²) in [6.45, 7) is -0.0814. The predicted molar refractivity (Wildman–Crippen MR) is 42.8 cm³/mol. The van der Waals surface area contributed by atoms with Gasteiger partial charge in [-0.3, -0.25) is 9.59 Å². The number of hydrogen-bond acceptors (Lipinski definition) is 3. The summed E-state index contributed by atoms with van der Waals surface area (Å²) in [4.78, 5) is 23.0. The summed E-state index contributed by atoms with van der Waals surface area (Å²) < 4.78 is 23.3. The number of H-pyrrole nitrogens is 1. The van der Waals surface area contributed by atoms with Gasteiger partial charge in [-0.15, -0.1) is 0 Å². The average Bonchev–Trinajstić information content (AvgIpc) is 2.47. The molecule has 7 heteroatoms. The lowest BCUT2D eigenvalue weighted by molar-refractivity contribution is -0.131. The van der Waals surface area contributed by atoms with Crippen LogP contribution in [0.25, 0.3) is 0 Å². The van der Waals surface area contributed by atoms with Crippen LogP contribution in [0.1, 0.15) is 5.69 Å². The van der Waals surface area contributed by atoms with Crippen molar-refractivity contribution < 1.29 is 13.6 Å². The highest BCUT2D eigenvalue weighted by Crippen LogP contribution is 1.96. The van der Waals surface area contributed by atoms with Crippen LogP contribution in [-0.4, -0.2) is 17.3 Å². The first kappa shape index (κ1) is 9.85. The molecule has 72 valence electrons. The number of amides is 1. The van der Waals surface area contributed by atoms with Crippen molar-refractivity contribution in [1.82, 2.24) is 10.3 Å². The number of alkyl halides is 2. The molecule has 13 heavy (non-hydrogen) atoms. The first-order chi connectivity index (χ1) is 6.09. The Kier molecular flexibility index (Phi) is 3.13. The Bertz CT molecular complexity index is 346. The fraction of sp³-hybridized carbons (Fsp3) is 0.333. The average molecular weight is 208 g/mol. The Balaban J connectivity index is 2.44. The zero-order valence-electron chi connectivity index (χ0n) is 6.34. The monoisotopic (exact) mass is 208 g/mol. The third-order valence-corrected chi connectivity index (χ3v) is 1.94. The van der Waals surface area contributed by atoms with E-state index in [2.05, 4.69) is 4.98 Å². The second-order valence-corrected chi connectivity index (χ2v) is 3.03. The number of carbonyl (C=O) groups is 1. The zero-order valence-corrected chi connectivity index (χ0v) is 7.16. The van der Waals surface area contributed by atoms with Gasteiger partial charge in [0.1, 0.15) is 0 Å². The highest BCUT2D eigenvalue weighted by molar-refractivity contribution is 7.07. The van der Waals surface area contributed by atoms with Gasteiger partial charge in [-0.1, -0.05) is 11.3 Å². The number of rotatable bonds is 3. The van der Waals surface area contributed by atoms with Crippen LogP contribution in [0.5, 0.6) is 0 Å². The second-order valence-electron chi connectivity index (χ2n) is 2.19. The fourth-order valence-corrected chi connectivity index (χ4v) is 1.24. The van der Waals surface area contributed by atoms with Crippen LogP contribution in [0.2, 0.25) is 0 Å². The van der Waals surface area contributed by atoms with Gasteiger partial charge in [-0.05, 0) is 0 Å². The standard InChI is InChI=1S/C6H6F2N2O2S/c7-4(8)5(11)9-1-3-2-13-6(12)10-3/h2,4H,1H2,(H,9,11)(H,10,12). The maximum absolute atomic E-state index is 11.7. The zero-order chi connectivity index (χ0) is 9.84. The molecule has 0 saturated carbocycles. The van der Waals surface area contributed by atoms with Crippen molar-refractivity contribution in [3.05, 3.63) is 20.7 Å². The number of hydrogen-bond donors (Lipinski definition) is 2. The van der Waals surface area contributed by atoms with Crippen LogP contribution >= 0.6 is 11.3 Å². The number of carbonyl (C=O) groups excluding carboxylic acids is 1. The van der Waals surface area contributed by atoms with E-state index in [1.54, 1.807) is 0 Å². The van der Waals surface area contributed by atoms with Crippen LogP contribution in [-0.2, 0) is 11.3 Å². The fourth-order valence-electron chi connectivity index (χ4n) is 0.660. The van der Waals surface area contributed by atoms with Gasteiger partial charge in [-0.25, -0.2) is 0 Å². The summed E-state index contributed by atoms with van der Waals surface area (Å²) >= 11 is 0.915. The molecule has 1 aromatic heterocycles. The van der Waals surface area contributed by atoms with Gasteiger partial charge in [-0.2, -0.15) is 8.78 Å². The van der Waals surface area contributed by atoms with Crippen molar-refractivity contribution in [2.45, 2.75) is 13.0 Å². The van der Waals surface area contributed by atoms with E-state index in [4.69, 9.17) is 0 Å². The van der Waals surface area contributed by atoms with E-state index in [0.29, 0.717) is 5.69 Å². The Morgan fingerprint density at radius 1 is 1.69 bits per heavy atom. The van der Waals surface area contributed by atoms with Crippen LogP contribution in [0, 0.1) is 0 Å². The lowest BCUT2D eigenvalue weighted by Gasteiger charge is -2.00.